The fraction of sp³-hybridized carbons (Fsp3) is 0.565. The Labute approximate surface area is 171 Å². The summed E-state index contributed by atoms with van der Waals surface area (Å²) < 4.78 is 10.6. The molecule has 1 aliphatic heterocycles. The lowest BCUT2D eigenvalue weighted by molar-refractivity contribution is -0.127. The van der Waals surface area contributed by atoms with Crippen LogP contribution in [0, 0.1) is 5.92 Å². The van der Waals surface area contributed by atoms with Gasteiger partial charge in [-0.2, -0.15) is 0 Å². The molecule has 1 amide bonds. The first kappa shape index (κ1) is 20.0. The Kier molecular flexibility index (Phi) is 6.19. The standard InChI is InChI=1S/C23H30N2O4/c1-28-19-9-10-20-17(12-22(26)29-21(20)13-19)15-25-11-5-6-16(14-25)23(27)24-18-7-3-2-4-8-18/h9-10,12-13,16,18H,2-8,11,14-15H2,1H3,(H,24,27). The van der Waals surface area contributed by atoms with Gasteiger partial charge in [0, 0.05) is 36.7 Å². The van der Waals surface area contributed by atoms with Crippen LogP contribution in [0.1, 0.15) is 50.5 Å². The second kappa shape index (κ2) is 8.99. The van der Waals surface area contributed by atoms with Gasteiger partial charge in [-0.15, -0.1) is 0 Å². The Morgan fingerprint density at radius 1 is 1.17 bits per heavy atom. The Morgan fingerprint density at radius 2 is 2.00 bits per heavy atom. The number of methoxy groups -OCH3 is 1. The van der Waals surface area contributed by atoms with Crippen molar-refractivity contribution >= 4 is 16.9 Å². The van der Waals surface area contributed by atoms with Gasteiger partial charge in [-0.1, -0.05) is 19.3 Å². The van der Waals surface area contributed by atoms with Crippen LogP contribution in [0.15, 0.2) is 33.5 Å². The fourth-order valence-corrected chi connectivity index (χ4v) is 4.69. The van der Waals surface area contributed by atoms with Crippen LogP contribution in [-0.4, -0.2) is 37.0 Å². The molecule has 1 aliphatic carbocycles. The molecule has 1 aromatic heterocycles. The highest BCUT2D eigenvalue weighted by Crippen LogP contribution is 2.26. The molecule has 6 heteroatoms. The predicted molar refractivity (Wildman–Crippen MR) is 112 cm³/mol. The zero-order valence-electron chi connectivity index (χ0n) is 17.1. The van der Waals surface area contributed by atoms with Gasteiger partial charge in [-0.25, -0.2) is 4.79 Å². The average Bonchev–Trinajstić information content (AvgIpc) is 2.74. The lowest BCUT2D eigenvalue weighted by Gasteiger charge is -2.33. The smallest absolute Gasteiger partial charge is 0.336 e. The molecule has 4 rings (SSSR count). The van der Waals surface area contributed by atoms with Gasteiger partial charge in [0.25, 0.3) is 0 Å². The number of likely N-dealkylation sites (tertiary alicyclic amines) is 1. The number of hydrogen-bond donors (Lipinski definition) is 1. The summed E-state index contributed by atoms with van der Waals surface area (Å²) in [7, 11) is 1.59. The number of benzene rings is 1. The summed E-state index contributed by atoms with van der Waals surface area (Å²) in [5, 5.41) is 4.20. The largest absolute Gasteiger partial charge is 0.497 e. The maximum Gasteiger partial charge on any atom is 0.336 e. The number of carbonyl (C=O) groups excluding carboxylic acids is 1. The van der Waals surface area contributed by atoms with E-state index < -0.39 is 0 Å². The molecular weight excluding hydrogens is 368 g/mol. The van der Waals surface area contributed by atoms with Crippen LogP contribution < -0.4 is 15.7 Å². The summed E-state index contributed by atoms with van der Waals surface area (Å²) in [4.78, 5) is 27.1. The van der Waals surface area contributed by atoms with Crippen molar-refractivity contribution in [2.75, 3.05) is 20.2 Å². The molecule has 29 heavy (non-hydrogen) atoms. The molecule has 1 saturated carbocycles. The Morgan fingerprint density at radius 3 is 2.79 bits per heavy atom. The molecule has 6 nitrogen and oxygen atoms in total. The molecule has 2 heterocycles. The molecule has 1 unspecified atom stereocenters. The Hall–Kier alpha value is -2.34. The number of nitrogens with zero attached hydrogens (tertiary/aromatic N) is 1. The van der Waals surface area contributed by atoms with Crippen molar-refractivity contribution in [3.63, 3.8) is 0 Å². The first-order chi connectivity index (χ1) is 14.1. The molecule has 0 bridgehead atoms. The Bertz CT molecular complexity index is 917. The summed E-state index contributed by atoms with van der Waals surface area (Å²) in [5.41, 5.74) is 1.12. The molecule has 1 atom stereocenters. The van der Waals surface area contributed by atoms with Crippen LogP contribution in [0.5, 0.6) is 5.75 Å². The summed E-state index contributed by atoms with van der Waals surface area (Å²) >= 11 is 0. The molecule has 0 spiro atoms. The minimum absolute atomic E-state index is 0.0251. The zero-order valence-corrected chi connectivity index (χ0v) is 17.1. The number of rotatable bonds is 5. The summed E-state index contributed by atoms with van der Waals surface area (Å²) in [6.45, 7) is 2.31. The first-order valence-corrected chi connectivity index (χ1v) is 10.8. The van der Waals surface area contributed by atoms with E-state index in [1.807, 2.05) is 12.1 Å². The number of hydrogen-bond acceptors (Lipinski definition) is 5. The van der Waals surface area contributed by atoms with Gasteiger partial charge in [0.05, 0.1) is 13.0 Å². The van der Waals surface area contributed by atoms with Crippen molar-refractivity contribution in [2.24, 2.45) is 5.92 Å². The summed E-state index contributed by atoms with van der Waals surface area (Å²) in [5.74, 6) is 0.885. The highest BCUT2D eigenvalue weighted by molar-refractivity contribution is 5.81. The summed E-state index contributed by atoms with van der Waals surface area (Å²) in [6, 6.07) is 7.48. The quantitative estimate of drug-likeness (QED) is 0.781. The third kappa shape index (κ3) is 4.81. The van der Waals surface area contributed by atoms with E-state index in [0.717, 1.165) is 49.7 Å². The normalized spacial score (nSPS) is 21.2. The predicted octanol–water partition coefficient (Wildman–Crippen LogP) is 3.46. The van der Waals surface area contributed by atoms with Crippen molar-refractivity contribution in [1.82, 2.24) is 10.2 Å². The molecule has 2 aromatic rings. The van der Waals surface area contributed by atoms with Gasteiger partial charge >= 0.3 is 5.63 Å². The number of ether oxygens (including phenoxy) is 1. The number of piperidine rings is 1. The van der Waals surface area contributed by atoms with E-state index in [-0.39, 0.29) is 17.5 Å². The molecular formula is C23H30N2O4. The van der Waals surface area contributed by atoms with Crippen LogP contribution in [0.25, 0.3) is 11.0 Å². The van der Waals surface area contributed by atoms with Gasteiger partial charge in [0.15, 0.2) is 0 Å². The van der Waals surface area contributed by atoms with E-state index in [0.29, 0.717) is 23.9 Å². The molecule has 1 N–H and O–H groups in total. The minimum Gasteiger partial charge on any atom is -0.497 e. The maximum absolute atomic E-state index is 12.8. The van der Waals surface area contributed by atoms with Gasteiger partial charge in [-0.05, 0) is 49.9 Å². The van der Waals surface area contributed by atoms with Crippen LogP contribution in [0.4, 0.5) is 0 Å². The lowest BCUT2D eigenvalue weighted by atomic mass is 9.93. The van der Waals surface area contributed by atoms with E-state index in [4.69, 9.17) is 9.15 Å². The van der Waals surface area contributed by atoms with Crippen molar-refractivity contribution in [1.29, 1.82) is 0 Å². The molecule has 0 radical (unpaired) electrons. The molecule has 156 valence electrons. The van der Waals surface area contributed by atoms with Gasteiger partial charge in [0.2, 0.25) is 5.91 Å². The lowest BCUT2D eigenvalue weighted by Crippen LogP contribution is -2.46. The van der Waals surface area contributed by atoms with E-state index in [1.54, 1.807) is 19.2 Å². The third-order valence-corrected chi connectivity index (χ3v) is 6.26. The summed E-state index contributed by atoms with van der Waals surface area (Å²) in [6.07, 6.45) is 7.87. The van der Waals surface area contributed by atoms with Crippen molar-refractivity contribution in [3.8, 4) is 5.75 Å². The fourth-order valence-electron chi connectivity index (χ4n) is 4.69. The van der Waals surface area contributed by atoms with E-state index in [9.17, 15) is 9.59 Å². The topological polar surface area (TPSA) is 71.8 Å². The number of carbonyl (C=O) groups is 1. The molecule has 1 saturated heterocycles. The highest BCUT2D eigenvalue weighted by atomic mass is 16.5. The van der Waals surface area contributed by atoms with Crippen molar-refractivity contribution in [2.45, 2.75) is 57.5 Å². The maximum atomic E-state index is 12.8. The van der Waals surface area contributed by atoms with Crippen molar-refractivity contribution in [3.05, 3.63) is 40.2 Å². The second-order valence-corrected chi connectivity index (χ2v) is 8.37. The molecule has 2 aliphatic rings. The molecule has 1 aromatic carbocycles. The third-order valence-electron chi connectivity index (χ3n) is 6.26. The van der Waals surface area contributed by atoms with Crippen molar-refractivity contribution < 1.29 is 13.9 Å². The van der Waals surface area contributed by atoms with E-state index in [1.165, 1.54) is 19.3 Å². The van der Waals surface area contributed by atoms with Gasteiger partial charge < -0.3 is 14.5 Å². The van der Waals surface area contributed by atoms with Gasteiger partial charge in [-0.3, -0.25) is 9.69 Å². The van der Waals surface area contributed by atoms with Gasteiger partial charge in [0.1, 0.15) is 11.3 Å². The highest BCUT2D eigenvalue weighted by Gasteiger charge is 2.28. The monoisotopic (exact) mass is 398 g/mol. The minimum atomic E-state index is -0.357. The van der Waals surface area contributed by atoms with Crippen LogP contribution in [0.2, 0.25) is 0 Å². The number of fused-ring (bicyclic) bond motifs is 1. The van der Waals surface area contributed by atoms with Crippen LogP contribution in [0.3, 0.4) is 0 Å². The van der Waals surface area contributed by atoms with Crippen LogP contribution in [-0.2, 0) is 11.3 Å². The molecule has 2 fully saturated rings. The number of amides is 1. The Balaban J connectivity index is 1.45. The zero-order chi connectivity index (χ0) is 20.2. The first-order valence-electron chi connectivity index (χ1n) is 10.8. The van der Waals surface area contributed by atoms with Crippen LogP contribution >= 0.6 is 0 Å². The second-order valence-electron chi connectivity index (χ2n) is 8.37. The number of nitrogens with one attached hydrogen (secondary N) is 1. The van der Waals surface area contributed by atoms with E-state index >= 15 is 0 Å². The van der Waals surface area contributed by atoms with E-state index in [2.05, 4.69) is 10.2 Å². The average molecular weight is 399 g/mol. The SMILES string of the molecule is COc1ccc2c(CN3CCCC(C(=O)NC4CCCCC4)C3)cc(=O)oc2c1.